The summed E-state index contributed by atoms with van der Waals surface area (Å²) >= 11 is 0. The van der Waals surface area contributed by atoms with Crippen molar-refractivity contribution in [3.8, 4) is 0 Å². The molecule has 0 aromatic rings. The molecule has 0 heterocycles. The van der Waals surface area contributed by atoms with Gasteiger partial charge in [-0.2, -0.15) is 0 Å². The SMILES string of the molecule is CCCCC/C=C\C/C=C\CCCCCCCCCCCC(=O)OCC/C=C\C/C=C\CCCCCCCCCCCCCCCCC(=O)NC(CO)C(O)/C=C/CCCCCCCCCCCCCCCCC. The number of aliphatic hydroxyl groups is 2. The Morgan fingerprint density at radius 3 is 1.05 bits per heavy atom. The Balaban J connectivity index is 3.47. The normalized spacial score (nSPS) is 13.0. The van der Waals surface area contributed by atoms with Gasteiger partial charge >= 0.3 is 5.97 Å². The third kappa shape index (κ3) is 58.8. The molecule has 6 heteroatoms. The number of aliphatic hydroxyl groups excluding tert-OH is 2. The third-order valence-corrected chi connectivity index (χ3v) is 14.8. The molecule has 1 amide bonds. The van der Waals surface area contributed by atoms with Gasteiger partial charge in [0.2, 0.25) is 5.91 Å². The number of amides is 1. The van der Waals surface area contributed by atoms with Gasteiger partial charge in [-0.15, -0.1) is 0 Å². The maximum atomic E-state index is 12.5. The van der Waals surface area contributed by atoms with Gasteiger partial charge in [0.1, 0.15) is 0 Å². The number of esters is 1. The molecule has 74 heavy (non-hydrogen) atoms. The van der Waals surface area contributed by atoms with Gasteiger partial charge < -0.3 is 20.3 Å². The lowest BCUT2D eigenvalue weighted by molar-refractivity contribution is -0.143. The van der Waals surface area contributed by atoms with Crippen molar-refractivity contribution in [2.75, 3.05) is 13.2 Å². The minimum absolute atomic E-state index is 0.0399. The maximum Gasteiger partial charge on any atom is 0.305 e. The summed E-state index contributed by atoms with van der Waals surface area (Å²) in [5, 5.41) is 23.2. The highest BCUT2D eigenvalue weighted by atomic mass is 16.5. The number of hydrogen-bond acceptors (Lipinski definition) is 5. The molecule has 0 aliphatic rings. The summed E-state index contributed by atoms with van der Waals surface area (Å²) < 4.78 is 5.43. The fourth-order valence-electron chi connectivity index (χ4n) is 9.80. The van der Waals surface area contributed by atoms with E-state index in [1.807, 2.05) is 6.08 Å². The second kappa shape index (κ2) is 63.1. The predicted molar refractivity (Wildman–Crippen MR) is 324 cm³/mol. The molecule has 0 aromatic heterocycles. The standard InChI is InChI=1S/C68H125NO5/c1-3-5-7-9-11-13-15-17-19-21-25-30-34-38-42-46-50-54-58-62-68(73)74-63-59-55-51-47-43-39-35-31-27-24-22-23-26-29-33-37-41-45-49-53-57-61-67(72)69-65(64-70)66(71)60-56-52-48-44-40-36-32-28-20-18-16-14-12-10-8-6-4-2/h11,13,17,19,39,43,51,55-56,60,65-66,70-71H,3-10,12,14-16,18,20-38,40-42,44-50,52-54,57-59,61-64H2,1-2H3,(H,69,72)/b13-11-,19-17-,43-39-,55-51-,60-56+. The number of hydrogen-bond donors (Lipinski definition) is 3. The molecule has 0 aliphatic heterocycles. The Morgan fingerprint density at radius 2 is 0.676 bits per heavy atom. The first kappa shape index (κ1) is 71.6. The van der Waals surface area contributed by atoms with E-state index in [2.05, 4.69) is 67.8 Å². The van der Waals surface area contributed by atoms with E-state index in [-0.39, 0.29) is 18.5 Å². The number of carbonyl (C=O) groups is 2. The van der Waals surface area contributed by atoms with Crippen LogP contribution in [0.5, 0.6) is 0 Å². The number of unbranched alkanes of at least 4 members (excludes halogenated alkanes) is 41. The van der Waals surface area contributed by atoms with E-state index in [9.17, 15) is 19.8 Å². The number of nitrogens with one attached hydrogen (secondary N) is 1. The van der Waals surface area contributed by atoms with Gasteiger partial charge in [-0.1, -0.05) is 299 Å². The molecule has 0 saturated heterocycles. The third-order valence-electron chi connectivity index (χ3n) is 14.8. The van der Waals surface area contributed by atoms with Crippen LogP contribution < -0.4 is 5.32 Å². The summed E-state index contributed by atoms with van der Waals surface area (Å²) in [6, 6.07) is -0.633. The molecule has 0 saturated carbocycles. The van der Waals surface area contributed by atoms with Crippen molar-refractivity contribution in [1.82, 2.24) is 5.32 Å². The summed E-state index contributed by atoms with van der Waals surface area (Å²) in [5.41, 5.74) is 0. The van der Waals surface area contributed by atoms with Crippen molar-refractivity contribution in [3.05, 3.63) is 60.8 Å². The molecule has 6 nitrogen and oxygen atoms in total. The Kier molecular flexibility index (Phi) is 61.0. The molecule has 3 N–H and O–H groups in total. The van der Waals surface area contributed by atoms with Crippen molar-refractivity contribution in [1.29, 1.82) is 0 Å². The van der Waals surface area contributed by atoms with Crippen LogP contribution in [-0.4, -0.2) is 47.4 Å². The second-order valence-electron chi connectivity index (χ2n) is 22.1. The number of ether oxygens (including phenoxy) is 1. The molecule has 0 aromatic carbocycles. The Bertz CT molecular complexity index is 1290. The summed E-state index contributed by atoms with van der Waals surface area (Å²) in [5.74, 6) is -0.112. The van der Waals surface area contributed by atoms with Crippen LogP contribution in [0.15, 0.2) is 60.8 Å². The van der Waals surface area contributed by atoms with Crippen molar-refractivity contribution in [3.63, 3.8) is 0 Å². The van der Waals surface area contributed by atoms with Gasteiger partial charge in [0.15, 0.2) is 0 Å². The van der Waals surface area contributed by atoms with E-state index in [4.69, 9.17) is 4.74 Å². The van der Waals surface area contributed by atoms with Crippen LogP contribution in [0.25, 0.3) is 0 Å². The molecule has 0 bridgehead atoms. The van der Waals surface area contributed by atoms with Gasteiger partial charge in [-0.05, 0) is 83.5 Å². The fraction of sp³-hybridized carbons (Fsp3) is 0.824. The Morgan fingerprint density at radius 1 is 0.378 bits per heavy atom. The van der Waals surface area contributed by atoms with Crippen LogP contribution in [0.3, 0.4) is 0 Å². The smallest absolute Gasteiger partial charge is 0.305 e. The van der Waals surface area contributed by atoms with Gasteiger partial charge in [0, 0.05) is 12.8 Å². The van der Waals surface area contributed by atoms with E-state index < -0.39 is 12.1 Å². The first-order valence-corrected chi connectivity index (χ1v) is 32.6. The summed E-state index contributed by atoms with van der Waals surface area (Å²) in [6.45, 7) is 4.78. The van der Waals surface area contributed by atoms with Crippen molar-refractivity contribution in [2.24, 2.45) is 0 Å². The van der Waals surface area contributed by atoms with E-state index in [0.717, 1.165) is 57.8 Å². The van der Waals surface area contributed by atoms with Crippen LogP contribution >= 0.6 is 0 Å². The maximum absolute atomic E-state index is 12.5. The predicted octanol–water partition coefficient (Wildman–Crippen LogP) is 20.7. The lowest BCUT2D eigenvalue weighted by atomic mass is 10.0. The average Bonchev–Trinajstić information content (AvgIpc) is 3.40. The van der Waals surface area contributed by atoms with Gasteiger partial charge in [-0.3, -0.25) is 9.59 Å². The summed E-state index contributed by atoms with van der Waals surface area (Å²) in [4.78, 5) is 24.6. The van der Waals surface area contributed by atoms with E-state index in [0.29, 0.717) is 19.4 Å². The van der Waals surface area contributed by atoms with Crippen molar-refractivity contribution in [2.45, 2.75) is 347 Å². The quantitative estimate of drug-likeness (QED) is 0.0320. The number of rotatable bonds is 60. The van der Waals surface area contributed by atoms with Crippen molar-refractivity contribution >= 4 is 11.9 Å². The first-order chi connectivity index (χ1) is 36.5. The molecule has 432 valence electrons. The molecule has 0 radical (unpaired) electrons. The Labute approximate surface area is 460 Å². The van der Waals surface area contributed by atoms with Crippen LogP contribution in [-0.2, 0) is 14.3 Å². The van der Waals surface area contributed by atoms with Crippen LogP contribution in [0.1, 0.15) is 335 Å². The molecular weight excluding hydrogens is 911 g/mol. The van der Waals surface area contributed by atoms with Gasteiger partial charge in [0.05, 0.1) is 25.4 Å². The zero-order valence-corrected chi connectivity index (χ0v) is 49.3. The average molecular weight is 1040 g/mol. The van der Waals surface area contributed by atoms with Crippen LogP contribution in [0, 0.1) is 0 Å². The fourth-order valence-corrected chi connectivity index (χ4v) is 9.80. The lowest BCUT2D eigenvalue weighted by Crippen LogP contribution is -2.45. The zero-order chi connectivity index (χ0) is 53.6. The molecule has 2 atom stereocenters. The summed E-state index contributed by atoms with van der Waals surface area (Å²) in [7, 11) is 0. The molecule has 0 spiro atoms. The van der Waals surface area contributed by atoms with E-state index in [1.165, 1.54) is 250 Å². The molecule has 2 unspecified atom stereocenters. The van der Waals surface area contributed by atoms with Gasteiger partial charge in [-0.25, -0.2) is 0 Å². The first-order valence-electron chi connectivity index (χ1n) is 32.6. The molecular formula is C68H125NO5. The topological polar surface area (TPSA) is 95.9 Å². The summed E-state index contributed by atoms with van der Waals surface area (Å²) in [6.07, 6.45) is 82.8. The highest BCUT2D eigenvalue weighted by molar-refractivity contribution is 5.76. The minimum atomic E-state index is -0.850. The van der Waals surface area contributed by atoms with Crippen molar-refractivity contribution < 1.29 is 24.5 Å². The van der Waals surface area contributed by atoms with E-state index in [1.54, 1.807) is 6.08 Å². The molecule has 0 aliphatic carbocycles. The van der Waals surface area contributed by atoms with E-state index >= 15 is 0 Å². The van der Waals surface area contributed by atoms with Gasteiger partial charge in [0.25, 0.3) is 0 Å². The second-order valence-corrected chi connectivity index (χ2v) is 22.1. The Hall–Kier alpha value is -2.44. The minimum Gasteiger partial charge on any atom is -0.465 e. The largest absolute Gasteiger partial charge is 0.465 e. The zero-order valence-electron chi connectivity index (χ0n) is 49.3. The monoisotopic (exact) mass is 1040 g/mol. The van der Waals surface area contributed by atoms with Crippen LogP contribution in [0.2, 0.25) is 0 Å². The number of allylic oxidation sites excluding steroid dienone is 8. The highest BCUT2D eigenvalue weighted by Gasteiger charge is 2.18. The lowest BCUT2D eigenvalue weighted by Gasteiger charge is -2.20. The van der Waals surface area contributed by atoms with Crippen LogP contribution in [0.4, 0.5) is 0 Å². The highest BCUT2D eigenvalue weighted by Crippen LogP contribution is 2.17. The number of carbonyl (C=O) groups excluding carboxylic acids is 2. The molecule has 0 fully saturated rings. The molecule has 0 rings (SSSR count).